The Hall–Kier alpha value is -4.15. The average Bonchev–Trinajstić information content (AvgIpc) is 3.55. The van der Waals surface area contributed by atoms with Gasteiger partial charge in [0.15, 0.2) is 0 Å². The number of allylic oxidation sites excluding steroid dienone is 2. The molecule has 6 aromatic rings. The van der Waals surface area contributed by atoms with E-state index < -0.39 is 0 Å². The van der Waals surface area contributed by atoms with Gasteiger partial charge in [0.2, 0.25) is 0 Å². The van der Waals surface area contributed by atoms with E-state index in [4.69, 9.17) is 14.6 Å². The maximum absolute atomic E-state index is 6.51. The summed E-state index contributed by atoms with van der Waals surface area (Å²) in [6.45, 7) is 18.2. The van der Waals surface area contributed by atoms with Crippen molar-refractivity contribution in [2.75, 3.05) is 7.11 Å². The second-order valence-corrected chi connectivity index (χ2v) is 13.3. The van der Waals surface area contributed by atoms with Crippen LogP contribution in [0.4, 0.5) is 0 Å². The summed E-state index contributed by atoms with van der Waals surface area (Å²) in [6, 6.07) is 27.4. The number of hydrogen-bond donors (Lipinski definition) is 0. The van der Waals surface area contributed by atoms with Gasteiger partial charge in [0, 0.05) is 46.5 Å². The van der Waals surface area contributed by atoms with Crippen molar-refractivity contribution < 1.29 is 30.5 Å². The molecular weight excluding hydrogens is 776 g/mol. The molecule has 0 bridgehead atoms. The SMILES string of the molecule is COc1ccnc(-n2c3[c-]c(Oc4[c-]c(-n5nc(C)c(C6C(C)=C(C)[C@H](C)[C@H](C)[C@@H]6C)c5C)cc(C)c4)ccc3c3ccccc32)c1.[Pt+2]. The summed E-state index contributed by atoms with van der Waals surface area (Å²) in [5, 5.41) is 7.28. The molecule has 0 saturated carbocycles. The van der Waals surface area contributed by atoms with Gasteiger partial charge in [0.1, 0.15) is 11.6 Å². The zero-order valence-electron chi connectivity index (χ0n) is 29.1. The molecule has 6 nitrogen and oxygen atoms in total. The zero-order valence-corrected chi connectivity index (χ0v) is 31.4. The summed E-state index contributed by atoms with van der Waals surface area (Å²) in [7, 11) is 1.67. The number of ether oxygens (including phenoxy) is 2. The van der Waals surface area contributed by atoms with Crippen LogP contribution in [0.1, 0.15) is 63.1 Å². The van der Waals surface area contributed by atoms with Crippen molar-refractivity contribution in [3.8, 4) is 28.8 Å². The fourth-order valence-corrected chi connectivity index (χ4v) is 7.74. The number of fused-ring (bicyclic) bond motifs is 3. The molecule has 1 aliphatic rings. The van der Waals surface area contributed by atoms with E-state index in [1.807, 2.05) is 35.0 Å². The number of aryl methyl sites for hydroxylation is 2. The van der Waals surface area contributed by atoms with Crippen molar-refractivity contribution in [1.29, 1.82) is 0 Å². The van der Waals surface area contributed by atoms with Gasteiger partial charge in [-0.3, -0.25) is 4.68 Å². The Morgan fingerprint density at radius 1 is 0.792 bits per heavy atom. The number of nitrogens with zero attached hydrogens (tertiary/aromatic N) is 4. The van der Waals surface area contributed by atoms with Gasteiger partial charge in [-0.25, -0.2) is 4.98 Å². The molecule has 7 rings (SSSR count). The molecule has 0 fully saturated rings. The Morgan fingerprint density at radius 2 is 1.56 bits per heavy atom. The van der Waals surface area contributed by atoms with Gasteiger partial charge in [0.05, 0.1) is 12.8 Å². The third-order valence-corrected chi connectivity index (χ3v) is 10.7. The number of para-hydroxylation sites is 1. The minimum atomic E-state index is 0. The molecule has 0 N–H and O–H groups in total. The molecule has 1 unspecified atom stereocenters. The van der Waals surface area contributed by atoms with Crippen LogP contribution >= 0.6 is 0 Å². The summed E-state index contributed by atoms with van der Waals surface area (Å²) in [5.74, 6) is 4.78. The van der Waals surface area contributed by atoms with Crippen LogP contribution in [0.2, 0.25) is 0 Å². The van der Waals surface area contributed by atoms with Gasteiger partial charge >= 0.3 is 21.1 Å². The Bertz CT molecular complexity index is 2190. The van der Waals surface area contributed by atoms with E-state index in [0.29, 0.717) is 35.2 Å². The predicted molar refractivity (Wildman–Crippen MR) is 189 cm³/mol. The summed E-state index contributed by atoms with van der Waals surface area (Å²) in [6.07, 6.45) is 1.76. The average molecular weight is 818 g/mol. The second-order valence-electron chi connectivity index (χ2n) is 13.3. The summed E-state index contributed by atoms with van der Waals surface area (Å²) in [5.41, 5.74) is 10.4. The van der Waals surface area contributed by atoms with Gasteiger partial charge in [-0.15, -0.1) is 35.7 Å². The van der Waals surface area contributed by atoms with Crippen LogP contribution in [-0.4, -0.2) is 26.4 Å². The summed E-state index contributed by atoms with van der Waals surface area (Å²) < 4.78 is 16.2. The van der Waals surface area contributed by atoms with Crippen molar-refractivity contribution in [3.05, 3.63) is 113 Å². The largest absolute Gasteiger partial charge is 2.00 e. The Morgan fingerprint density at radius 3 is 2.33 bits per heavy atom. The van der Waals surface area contributed by atoms with Crippen molar-refractivity contribution >= 4 is 21.8 Å². The monoisotopic (exact) mass is 817 g/mol. The van der Waals surface area contributed by atoms with Crippen LogP contribution in [0.25, 0.3) is 33.3 Å². The van der Waals surface area contributed by atoms with Crippen molar-refractivity contribution in [1.82, 2.24) is 19.3 Å². The molecular formula is C41H42N4O2Pt. The maximum atomic E-state index is 6.51. The second kappa shape index (κ2) is 13.0. The first-order valence-corrected chi connectivity index (χ1v) is 16.5. The fourth-order valence-electron chi connectivity index (χ4n) is 7.74. The van der Waals surface area contributed by atoms with Crippen molar-refractivity contribution in [2.45, 2.75) is 61.3 Å². The molecule has 3 aromatic heterocycles. The van der Waals surface area contributed by atoms with Crippen LogP contribution in [-0.2, 0) is 21.1 Å². The minimum Gasteiger partial charge on any atom is -0.509 e. The van der Waals surface area contributed by atoms with E-state index in [0.717, 1.165) is 56.0 Å². The molecule has 1 aliphatic carbocycles. The van der Waals surface area contributed by atoms with Gasteiger partial charge in [0.25, 0.3) is 0 Å². The van der Waals surface area contributed by atoms with Gasteiger partial charge in [-0.2, -0.15) is 16.7 Å². The molecule has 0 radical (unpaired) electrons. The molecule has 7 heteroatoms. The fraction of sp³-hybridized carbons (Fsp3) is 0.317. The number of pyridine rings is 1. The van der Waals surface area contributed by atoms with E-state index in [2.05, 4.69) is 107 Å². The third-order valence-electron chi connectivity index (χ3n) is 10.7. The first-order chi connectivity index (χ1) is 22.6. The van der Waals surface area contributed by atoms with E-state index in [9.17, 15) is 0 Å². The number of aromatic nitrogens is 4. The Kier molecular flexibility index (Phi) is 9.17. The zero-order chi connectivity index (χ0) is 33.1. The van der Waals surface area contributed by atoms with E-state index in [1.54, 1.807) is 13.3 Å². The van der Waals surface area contributed by atoms with Crippen LogP contribution in [0.5, 0.6) is 17.2 Å². The maximum Gasteiger partial charge on any atom is 2.00 e. The molecule has 3 heterocycles. The van der Waals surface area contributed by atoms with Crippen molar-refractivity contribution in [2.24, 2.45) is 17.8 Å². The first-order valence-electron chi connectivity index (χ1n) is 16.5. The molecule has 0 saturated heterocycles. The molecule has 0 spiro atoms. The summed E-state index contributed by atoms with van der Waals surface area (Å²) >= 11 is 0. The van der Waals surface area contributed by atoms with Crippen LogP contribution in [0, 0.1) is 50.7 Å². The number of methoxy groups -OCH3 is 1. The molecule has 0 aliphatic heterocycles. The first kappa shape index (κ1) is 33.7. The van der Waals surface area contributed by atoms with Crippen LogP contribution in [0.15, 0.2) is 78.0 Å². The molecule has 4 atom stereocenters. The quantitative estimate of drug-likeness (QED) is 0.124. The predicted octanol–water partition coefficient (Wildman–Crippen LogP) is 10.0. The topological polar surface area (TPSA) is 54.1 Å². The molecule has 0 amide bonds. The van der Waals surface area contributed by atoms with Crippen LogP contribution < -0.4 is 9.47 Å². The molecule has 48 heavy (non-hydrogen) atoms. The minimum absolute atomic E-state index is 0. The van der Waals surface area contributed by atoms with E-state index in [-0.39, 0.29) is 21.1 Å². The van der Waals surface area contributed by atoms with Crippen molar-refractivity contribution in [3.63, 3.8) is 0 Å². The number of rotatable bonds is 6. The molecule has 3 aromatic carbocycles. The normalized spacial score (nSPS) is 19.5. The van der Waals surface area contributed by atoms with E-state index >= 15 is 0 Å². The summed E-state index contributed by atoms with van der Waals surface area (Å²) in [4.78, 5) is 4.68. The Labute approximate surface area is 298 Å². The third kappa shape index (κ3) is 5.58. The van der Waals surface area contributed by atoms with Crippen LogP contribution in [0.3, 0.4) is 0 Å². The Balaban J connectivity index is 0.00000401. The van der Waals surface area contributed by atoms with Gasteiger partial charge in [-0.05, 0) is 68.7 Å². The van der Waals surface area contributed by atoms with Gasteiger partial charge < -0.3 is 14.0 Å². The van der Waals surface area contributed by atoms with E-state index in [1.165, 1.54) is 16.7 Å². The standard InChI is InChI=1S/C41H42N4O2.Pt/c1-23-18-31(45-30(8)41(29(7)43-45)40-27(5)25(3)24(2)26(4)28(40)6)20-34(19-23)47-33-14-15-36-35-12-10-11-13-37(35)44(38(36)21-33)39-22-32(46-9)16-17-42-39;/h10-19,22,24-25,27,40H,1-9H3;/q-2;+2/t24-,25+,27+,40?;/m1./s1. The molecule has 248 valence electrons. The smallest absolute Gasteiger partial charge is 0.509 e. The number of benzene rings is 3. The number of hydrogen-bond acceptors (Lipinski definition) is 4. The van der Waals surface area contributed by atoms with Gasteiger partial charge in [-0.1, -0.05) is 62.6 Å².